The molecule has 0 heterocycles. The first kappa shape index (κ1) is 13.1. The van der Waals surface area contributed by atoms with Crippen LogP contribution in [0.25, 0.3) is 0 Å². The summed E-state index contributed by atoms with van der Waals surface area (Å²) in [5, 5.41) is 21.7. The molecule has 1 aliphatic rings. The van der Waals surface area contributed by atoms with Crippen molar-refractivity contribution in [2.45, 2.75) is 31.2 Å². The Morgan fingerprint density at radius 1 is 1.21 bits per heavy atom. The van der Waals surface area contributed by atoms with E-state index in [0.29, 0.717) is 5.56 Å². The molecular weight excluding hydrogens is 252 g/mol. The van der Waals surface area contributed by atoms with Crippen molar-refractivity contribution in [3.63, 3.8) is 0 Å². The number of carbonyl (C=O) groups excluding carboxylic acids is 1. The molecule has 19 heavy (non-hydrogen) atoms. The first-order chi connectivity index (χ1) is 8.99. The van der Waals surface area contributed by atoms with Crippen molar-refractivity contribution in [3.05, 3.63) is 50.1 Å². The summed E-state index contributed by atoms with van der Waals surface area (Å²) in [7, 11) is 0. The van der Waals surface area contributed by atoms with Crippen molar-refractivity contribution >= 4 is 11.5 Å². The monoisotopic (exact) mass is 264 g/mol. The number of non-ortho nitro benzene ring substituents is 1. The number of carbonyl (C=O) groups is 1. The fourth-order valence-corrected chi connectivity index (χ4v) is 2.45. The van der Waals surface area contributed by atoms with Gasteiger partial charge in [-0.05, 0) is 5.56 Å². The third kappa shape index (κ3) is 2.75. The van der Waals surface area contributed by atoms with Crippen LogP contribution in [0, 0.1) is 20.2 Å². The smallest absolute Gasteiger partial charge is 0.269 e. The van der Waals surface area contributed by atoms with Crippen LogP contribution in [0.3, 0.4) is 0 Å². The van der Waals surface area contributed by atoms with Gasteiger partial charge in [-0.25, -0.2) is 0 Å². The van der Waals surface area contributed by atoms with Crippen LogP contribution in [0.15, 0.2) is 24.3 Å². The summed E-state index contributed by atoms with van der Waals surface area (Å²) < 4.78 is 0. The van der Waals surface area contributed by atoms with E-state index in [4.69, 9.17) is 0 Å². The Labute approximate surface area is 108 Å². The van der Waals surface area contributed by atoms with E-state index in [1.165, 1.54) is 18.2 Å². The van der Waals surface area contributed by atoms with Gasteiger partial charge in [0, 0.05) is 36.3 Å². The van der Waals surface area contributed by atoms with E-state index in [9.17, 15) is 25.0 Å². The molecule has 7 heteroatoms. The first-order valence-corrected chi connectivity index (χ1v) is 5.88. The van der Waals surface area contributed by atoms with E-state index < -0.39 is 21.8 Å². The molecule has 1 aromatic rings. The van der Waals surface area contributed by atoms with Gasteiger partial charge in [-0.15, -0.1) is 0 Å². The Hall–Kier alpha value is -2.31. The highest BCUT2D eigenvalue weighted by atomic mass is 16.6. The van der Waals surface area contributed by atoms with Crippen molar-refractivity contribution in [1.82, 2.24) is 0 Å². The number of hydrogen-bond donors (Lipinski definition) is 0. The number of rotatable bonds is 3. The summed E-state index contributed by atoms with van der Waals surface area (Å²) >= 11 is 0. The van der Waals surface area contributed by atoms with E-state index >= 15 is 0 Å². The molecule has 0 bridgehead atoms. The molecule has 1 aromatic carbocycles. The molecule has 1 saturated carbocycles. The average Bonchev–Trinajstić information content (AvgIpc) is 2.38. The maximum atomic E-state index is 11.5. The van der Waals surface area contributed by atoms with Gasteiger partial charge in [0.1, 0.15) is 5.78 Å². The Morgan fingerprint density at radius 2 is 1.95 bits per heavy atom. The fourth-order valence-electron chi connectivity index (χ4n) is 2.45. The van der Waals surface area contributed by atoms with E-state index in [1.807, 2.05) is 0 Å². The summed E-state index contributed by atoms with van der Waals surface area (Å²) in [4.78, 5) is 32.3. The van der Waals surface area contributed by atoms with E-state index in [0.717, 1.165) is 0 Å². The Bertz CT molecular complexity index is 543. The maximum Gasteiger partial charge on any atom is 0.269 e. The average molecular weight is 264 g/mol. The van der Waals surface area contributed by atoms with Gasteiger partial charge in [0.2, 0.25) is 6.04 Å². The normalized spacial score (nSPS) is 23.1. The predicted octanol–water partition coefficient (Wildman–Crippen LogP) is 2.08. The molecule has 0 saturated heterocycles. The summed E-state index contributed by atoms with van der Waals surface area (Å²) in [6.07, 6.45) is 0.475. The molecule has 0 aromatic heterocycles. The highest BCUT2D eigenvalue weighted by Gasteiger charge is 2.38. The van der Waals surface area contributed by atoms with Crippen molar-refractivity contribution in [2.24, 2.45) is 0 Å². The minimum atomic E-state index is -0.847. The van der Waals surface area contributed by atoms with E-state index in [2.05, 4.69) is 0 Å². The van der Waals surface area contributed by atoms with Crippen molar-refractivity contribution in [1.29, 1.82) is 0 Å². The second kappa shape index (κ2) is 5.13. The summed E-state index contributed by atoms with van der Waals surface area (Å²) in [5.74, 6) is -0.606. The Morgan fingerprint density at radius 3 is 2.58 bits per heavy atom. The zero-order valence-electron chi connectivity index (χ0n) is 10.0. The fraction of sp³-hybridized carbons (Fsp3) is 0.417. The second-order valence-corrected chi connectivity index (χ2v) is 4.59. The zero-order chi connectivity index (χ0) is 14.0. The Balaban J connectivity index is 2.36. The minimum Gasteiger partial charge on any atom is -0.300 e. The van der Waals surface area contributed by atoms with Gasteiger partial charge in [0.15, 0.2) is 0 Å². The molecule has 2 rings (SSSR count). The molecule has 2 unspecified atom stereocenters. The SMILES string of the molecule is O=C1CCC([N+](=O)[O-])C(c2cccc([N+](=O)[O-])c2)C1. The van der Waals surface area contributed by atoms with Crippen LogP contribution in [-0.4, -0.2) is 21.7 Å². The predicted molar refractivity (Wildman–Crippen MR) is 65.5 cm³/mol. The number of nitro benzene ring substituents is 1. The second-order valence-electron chi connectivity index (χ2n) is 4.59. The number of nitro groups is 2. The molecule has 100 valence electrons. The molecule has 0 spiro atoms. The minimum absolute atomic E-state index is 0.0328. The number of benzene rings is 1. The van der Waals surface area contributed by atoms with Gasteiger partial charge in [-0.3, -0.25) is 25.0 Å². The lowest BCUT2D eigenvalue weighted by Gasteiger charge is -2.24. The lowest BCUT2D eigenvalue weighted by Crippen LogP contribution is -2.34. The molecule has 1 fully saturated rings. The summed E-state index contributed by atoms with van der Waals surface area (Å²) in [6.45, 7) is 0. The Kier molecular flexibility index (Phi) is 3.55. The van der Waals surface area contributed by atoms with Gasteiger partial charge in [0.05, 0.1) is 10.8 Å². The highest BCUT2D eigenvalue weighted by Crippen LogP contribution is 2.34. The van der Waals surface area contributed by atoms with Gasteiger partial charge in [-0.2, -0.15) is 0 Å². The van der Waals surface area contributed by atoms with Crippen LogP contribution in [-0.2, 0) is 4.79 Å². The highest BCUT2D eigenvalue weighted by molar-refractivity contribution is 5.80. The topological polar surface area (TPSA) is 103 Å². The maximum absolute atomic E-state index is 11.5. The molecule has 0 aliphatic heterocycles. The lowest BCUT2D eigenvalue weighted by molar-refractivity contribution is -0.528. The molecule has 1 aliphatic carbocycles. The van der Waals surface area contributed by atoms with Crippen molar-refractivity contribution in [3.8, 4) is 0 Å². The van der Waals surface area contributed by atoms with Crippen molar-refractivity contribution in [2.75, 3.05) is 0 Å². The zero-order valence-corrected chi connectivity index (χ0v) is 10.0. The number of ketones is 1. The van der Waals surface area contributed by atoms with E-state index in [-0.39, 0.29) is 30.7 Å². The third-order valence-electron chi connectivity index (χ3n) is 3.41. The lowest BCUT2D eigenvalue weighted by atomic mass is 9.79. The summed E-state index contributed by atoms with van der Waals surface area (Å²) in [5.41, 5.74) is 0.376. The third-order valence-corrected chi connectivity index (χ3v) is 3.41. The van der Waals surface area contributed by atoms with Crippen LogP contribution in [0.4, 0.5) is 5.69 Å². The molecule has 0 radical (unpaired) electrons. The molecule has 7 nitrogen and oxygen atoms in total. The van der Waals surface area contributed by atoms with Crippen LogP contribution in [0.2, 0.25) is 0 Å². The molecule has 0 N–H and O–H groups in total. The quantitative estimate of drug-likeness (QED) is 0.614. The van der Waals surface area contributed by atoms with Gasteiger partial charge in [-0.1, -0.05) is 12.1 Å². The molecule has 2 atom stereocenters. The standard InChI is InChI=1S/C12H12N2O5/c15-10-4-5-12(14(18)19)11(7-10)8-2-1-3-9(6-8)13(16)17/h1-3,6,11-12H,4-5,7H2. The largest absolute Gasteiger partial charge is 0.300 e. The molecule has 0 amide bonds. The first-order valence-electron chi connectivity index (χ1n) is 5.88. The number of Topliss-reactive ketones (excluding diaryl/α,β-unsaturated/α-hetero) is 1. The molecular formula is C12H12N2O5. The van der Waals surface area contributed by atoms with Crippen molar-refractivity contribution < 1.29 is 14.6 Å². The number of hydrogen-bond acceptors (Lipinski definition) is 5. The number of nitrogens with zero attached hydrogens (tertiary/aromatic N) is 2. The van der Waals surface area contributed by atoms with E-state index in [1.54, 1.807) is 6.07 Å². The summed E-state index contributed by atoms with van der Waals surface area (Å²) in [6, 6.07) is 4.89. The van der Waals surface area contributed by atoms with Crippen LogP contribution < -0.4 is 0 Å². The van der Waals surface area contributed by atoms with Crippen LogP contribution >= 0.6 is 0 Å². The van der Waals surface area contributed by atoms with Crippen LogP contribution in [0.5, 0.6) is 0 Å². The van der Waals surface area contributed by atoms with Gasteiger partial charge < -0.3 is 0 Å². The van der Waals surface area contributed by atoms with Gasteiger partial charge in [0.25, 0.3) is 5.69 Å². The van der Waals surface area contributed by atoms with Gasteiger partial charge >= 0.3 is 0 Å². The van der Waals surface area contributed by atoms with Crippen LogP contribution in [0.1, 0.15) is 30.7 Å².